The van der Waals surface area contributed by atoms with Crippen LogP contribution < -0.4 is 0 Å². The lowest BCUT2D eigenvalue weighted by molar-refractivity contribution is 0.0697. The Morgan fingerprint density at radius 2 is 1.83 bits per heavy atom. The molecule has 0 fully saturated rings. The summed E-state index contributed by atoms with van der Waals surface area (Å²) < 4.78 is 0. The van der Waals surface area contributed by atoms with Gasteiger partial charge in [-0.25, -0.2) is 9.78 Å². The van der Waals surface area contributed by atoms with E-state index in [1.807, 2.05) is 24.5 Å². The number of aromatic amines is 1. The van der Waals surface area contributed by atoms with Gasteiger partial charge in [-0.2, -0.15) is 0 Å². The summed E-state index contributed by atoms with van der Waals surface area (Å²) in [5.74, 6) is -0.919. The lowest BCUT2D eigenvalue weighted by atomic mass is 9.95. The number of fused-ring (bicyclic) bond motifs is 2. The van der Waals surface area contributed by atoms with Gasteiger partial charge in [-0.3, -0.25) is 0 Å². The monoisotopic (exact) mass is 383 g/mol. The first kappa shape index (κ1) is 17.6. The van der Waals surface area contributed by atoms with Gasteiger partial charge in [0.05, 0.1) is 5.56 Å². The molecule has 3 heterocycles. The minimum Gasteiger partial charge on any atom is -0.478 e. The van der Waals surface area contributed by atoms with Crippen LogP contribution in [-0.4, -0.2) is 39.5 Å². The van der Waals surface area contributed by atoms with Crippen LogP contribution in [0.5, 0.6) is 0 Å². The molecule has 0 aliphatic carbocycles. The van der Waals surface area contributed by atoms with Crippen molar-refractivity contribution in [2.75, 3.05) is 13.6 Å². The number of H-pyrrole nitrogens is 1. The first-order valence-corrected chi connectivity index (χ1v) is 9.70. The predicted molar refractivity (Wildman–Crippen MR) is 114 cm³/mol. The SMILES string of the molecule is CN1CCc2ccc(-c3cnc4[nH]cc(-c5ccc(C(=O)O)cc5)c4c3)cc2C1. The molecule has 0 amide bonds. The molecule has 5 rings (SSSR count). The Balaban J connectivity index is 1.56. The molecule has 0 saturated heterocycles. The Bertz CT molecular complexity index is 1220. The minimum absolute atomic E-state index is 0.284. The summed E-state index contributed by atoms with van der Waals surface area (Å²) >= 11 is 0. The van der Waals surface area contributed by atoms with Crippen molar-refractivity contribution in [2.24, 2.45) is 0 Å². The molecule has 4 aromatic rings. The maximum atomic E-state index is 11.1. The van der Waals surface area contributed by atoms with E-state index < -0.39 is 5.97 Å². The normalized spacial score (nSPS) is 14.1. The zero-order valence-electron chi connectivity index (χ0n) is 16.1. The highest BCUT2D eigenvalue weighted by Gasteiger charge is 2.15. The summed E-state index contributed by atoms with van der Waals surface area (Å²) in [5.41, 5.74) is 8.15. The van der Waals surface area contributed by atoms with Crippen molar-refractivity contribution in [1.29, 1.82) is 0 Å². The maximum Gasteiger partial charge on any atom is 0.335 e. The van der Waals surface area contributed by atoms with E-state index in [-0.39, 0.29) is 5.56 Å². The number of rotatable bonds is 3. The van der Waals surface area contributed by atoms with Gasteiger partial charge in [0.15, 0.2) is 0 Å². The summed E-state index contributed by atoms with van der Waals surface area (Å²) in [6.07, 6.45) is 4.93. The Morgan fingerprint density at radius 1 is 1.03 bits per heavy atom. The topological polar surface area (TPSA) is 69.2 Å². The second-order valence-electron chi connectivity index (χ2n) is 7.68. The molecule has 0 radical (unpaired) electrons. The highest BCUT2D eigenvalue weighted by Crippen LogP contribution is 2.32. The predicted octanol–water partition coefficient (Wildman–Crippen LogP) is 4.58. The van der Waals surface area contributed by atoms with Crippen molar-refractivity contribution in [3.63, 3.8) is 0 Å². The van der Waals surface area contributed by atoms with Gasteiger partial charge in [0.1, 0.15) is 5.65 Å². The van der Waals surface area contributed by atoms with Gasteiger partial charge in [-0.1, -0.05) is 24.3 Å². The molecule has 2 aromatic carbocycles. The largest absolute Gasteiger partial charge is 0.478 e. The average Bonchev–Trinajstić information content (AvgIpc) is 3.16. The Morgan fingerprint density at radius 3 is 2.62 bits per heavy atom. The van der Waals surface area contributed by atoms with Gasteiger partial charge in [0.25, 0.3) is 0 Å². The van der Waals surface area contributed by atoms with Crippen molar-refractivity contribution < 1.29 is 9.90 Å². The fraction of sp³-hybridized carbons (Fsp3) is 0.167. The van der Waals surface area contributed by atoms with E-state index in [9.17, 15) is 4.79 Å². The molecule has 144 valence electrons. The first-order chi connectivity index (χ1) is 14.1. The quantitative estimate of drug-likeness (QED) is 0.543. The van der Waals surface area contributed by atoms with Crippen LogP contribution in [0, 0.1) is 0 Å². The number of benzene rings is 2. The summed E-state index contributed by atoms with van der Waals surface area (Å²) in [5, 5.41) is 10.2. The van der Waals surface area contributed by atoms with Gasteiger partial charge in [0, 0.05) is 42.0 Å². The van der Waals surface area contributed by atoms with Gasteiger partial charge < -0.3 is 15.0 Å². The van der Waals surface area contributed by atoms with Crippen molar-refractivity contribution >= 4 is 17.0 Å². The van der Waals surface area contributed by atoms with E-state index in [2.05, 4.69) is 46.2 Å². The van der Waals surface area contributed by atoms with Gasteiger partial charge in [-0.05, 0) is 60.0 Å². The number of hydrogen-bond acceptors (Lipinski definition) is 3. The van der Waals surface area contributed by atoms with Gasteiger partial charge >= 0.3 is 5.97 Å². The molecule has 0 unspecified atom stereocenters. The Hall–Kier alpha value is -3.44. The van der Waals surface area contributed by atoms with Crippen LogP contribution in [0.1, 0.15) is 21.5 Å². The summed E-state index contributed by atoms with van der Waals surface area (Å²) in [6, 6.07) is 15.8. The van der Waals surface area contributed by atoms with Crippen LogP contribution in [0.15, 0.2) is 60.9 Å². The van der Waals surface area contributed by atoms with Crippen LogP contribution in [0.4, 0.5) is 0 Å². The number of nitrogens with one attached hydrogen (secondary N) is 1. The number of aromatic carboxylic acids is 1. The number of likely N-dealkylation sites (N-methyl/N-ethyl adjacent to an activating group) is 1. The van der Waals surface area contributed by atoms with Crippen LogP contribution >= 0.6 is 0 Å². The molecule has 29 heavy (non-hydrogen) atoms. The molecule has 2 aromatic heterocycles. The number of hydrogen-bond donors (Lipinski definition) is 2. The fourth-order valence-corrected chi connectivity index (χ4v) is 4.07. The van der Waals surface area contributed by atoms with Crippen molar-refractivity contribution in [2.45, 2.75) is 13.0 Å². The molecular weight excluding hydrogens is 362 g/mol. The van der Waals surface area contributed by atoms with E-state index in [0.717, 1.165) is 47.2 Å². The third-order valence-electron chi connectivity index (χ3n) is 5.72. The molecule has 0 saturated carbocycles. The van der Waals surface area contributed by atoms with Crippen LogP contribution in [-0.2, 0) is 13.0 Å². The lowest BCUT2D eigenvalue weighted by Gasteiger charge is -2.25. The highest BCUT2D eigenvalue weighted by atomic mass is 16.4. The molecule has 5 heteroatoms. The molecular formula is C24H21N3O2. The summed E-state index contributed by atoms with van der Waals surface area (Å²) in [6.45, 7) is 2.08. The van der Waals surface area contributed by atoms with Gasteiger partial charge in [0.2, 0.25) is 0 Å². The number of pyridine rings is 1. The maximum absolute atomic E-state index is 11.1. The van der Waals surface area contributed by atoms with Crippen LogP contribution in [0.25, 0.3) is 33.3 Å². The third kappa shape index (κ3) is 3.19. The zero-order chi connectivity index (χ0) is 20.0. The molecule has 0 spiro atoms. The van der Waals surface area contributed by atoms with Crippen molar-refractivity contribution in [3.05, 3.63) is 77.6 Å². The number of carboxylic acids is 1. The Labute approximate surface area is 168 Å². The smallest absolute Gasteiger partial charge is 0.335 e. The number of carbonyl (C=O) groups is 1. The molecule has 1 aliphatic rings. The minimum atomic E-state index is -0.919. The molecule has 0 bridgehead atoms. The third-order valence-corrected chi connectivity index (χ3v) is 5.72. The van der Waals surface area contributed by atoms with E-state index in [4.69, 9.17) is 5.11 Å². The van der Waals surface area contributed by atoms with Crippen molar-refractivity contribution in [1.82, 2.24) is 14.9 Å². The number of carboxylic acid groups (broad SMARTS) is 1. The summed E-state index contributed by atoms with van der Waals surface area (Å²) in [4.78, 5) is 21.3. The van der Waals surface area contributed by atoms with E-state index in [0.29, 0.717) is 0 Å². The van der Waals surface area contributed by atoms with E-state index >= 15 is 0 Å². The standard InChI is InChI=1S/C24H21N3O2/c1-27-9-8-15-2-7-18(10-20(15)14-27)19-11-21-22(13-26-23(21)25-12-19)16-3-5-17(6-4-16)24(28)29/h2-7,10-13H,8-9,14H2,1H3,(H,25,26)(H,28,29). The molecule has 1 aliphatic heterocycles. The van der Waals surface area contributed by atoms with Gasteiger partial charge in [-0.15, -0.1) is 0 Å². The number of nitrogens with zero attached hydrogens (tertiary/aromatic N) is 2. The second-order valence-corrected chi connectivity index (χ2v) is 7.68. The second kappa shape index (κ2) is 6.87. The van der Waals surface area contributed by atoms with E-state index in [1.54, 1.807) is 12.1 Å². The molecule has 0 atom stereocenters. The average molecular weight is 383 g/mol. The van der Waals surface area contributed by atoms with Crippen molar-refractivity contribution in [3.8, 4) is 22.3 Å². The van der Waals surface area contributed by atoms with Crippen LogP contribution in [0.3, 0.4) is 0 Å². The van der Waals surface area contributed by atoms with Crippen LogP contribution in [0.2, 0.25) is 0 Å². The zero-order valence-corrected chi connectivity index (χ0v) is 16.1. The van der Waals surface area contributed by atoms with E-state index in [1.165, 1.54) is 16.7 Å². The first-order valence-electron chi connectivity index (χ1n) is 9.70. The molecule has 5 nitrogen and oxygen atoms in total. The highest BCUT2D eigenvalue weighted by molar-refractivity contribution is 5.96. The molecule has 2 N–H and O–H groups in total. The fourth-order valence-electron chi connectivity index (χ4n) is 4.07. The lowest BCUT2D eigenvalue weighted by Crippen LogP contribution is -2.26. The Kier molecular flexibility index (Phi) is 4.18. The number of aromatic nitrogens is 2. The summed E-state index contributed by atoms with van der Waals surface area (Å²) in [7, 11) is 2.16.